The number of hydrogen-bond donors (Lipinski definition) is 0. The Morgan fingerprint density at radius 2 is 1.92 bits per heavy atom. The minimum absolute atomic E-state index is 0.0484. The molecule has 0 saturated carbocycles. The zero-order valence-corrected chi connectivity index (χ0v) is 15.0. The van der Waals surface area contributed by atoms with Crippen molar-refractivity contribution in [2.75, 3.05) is 11.5 Å². The molecule has 0 radical (unpaired) electrons. The van der Waals surface area contributed by atoms with Crippen molar-refractivity contribution in [3.05, 3.63) is 77.6 Å². The number of carbonyl (C=O) groups excluding carboxylic acids is 1. The molecule has 2 aromatic rings. The van der Waals surface area contributed by atoms with Gasteiger partial charge < -0.3 is 4.90 Å². The highest BCUT2D eigenvalue weighted by Gasteiger charge is 2.34. The van der Waals surface area contributed by atoms with E-state index in [1.54, 1.807) is 18.2 Å². The molecule has 2 aromatic carbocycles. The van der Waals surface area contributed by atoms with Crippen molar-refractivity contribution in [2.45, 2.75) is 19.0 Å². The van der Waals surface area contributed by atoms with Gasteiger partial charge in [0.1, 0.15) is 5.82 Å². The second-order valence-electron chi connectivity index (χ2n) is 6.40. The van der Waals surface area contributed by atoms with Gasteiger partial charge in [-0.3, -0.25) is 4.79 Å². The molecule has 1 atom stereocenters. The first-order valence-corrected chi connectivity index (χ1v) is 10.2. The summed E-state index contributed by atoms with van der Waals surface area (Å²) in [5.41, 5.74) is 1.52. The van der Waals surface area contributed by atoms with Crippen molar-refractivity contribution in [3.63, 3.8) is 0 Å². The third-order valence-corrected chi connectivity index (χ3v) is 6.14. The van der Waals surface area contributed by atoms with E-state index in [0.29, 0.717) is 12.0 Å². The predicted octanol–water partition coefficient (Wildman–Crippen LogP) is 3.05. The highest BCUT2D eigenvalue weighted by molar-refractivity contribution is 7.91. The summed E-state index contributed by atoms with van der Waals surface area (Å²) in [6.07, 6.45) is 3.55. The van der Waals surface area contributed by atoms with E-state index in [2.05, 4.69) is 0 Å². The van der Waals surface area contributed by atoms with Crippen molar-refractivity contribution in [1.29, 1.82) is 0 Å². The molecule has 1 aliphatic rings. The van der Waals surface area contributed by atoms with Crippen LogP contribution >= 0.6 is 0 Å². The van der Waals surface area contributed by atoms with E-state index in [4.69, 9.17) is 0 Å². The van der Waals surface area contributed by atoms with Crippen LogP contribution in [0.3, 0.4) is 0 Å². The second kappa shape index (κ2) is 7.83. The van der Waals surface area contributed by atoms with Crippen LogP contribution in [-0.2, 0) is 21.2 Å². The van der Waals surface area contributed by atoms with Crippen molar-refractivity contribution in [3.8, 4) is 0 Å². The fourth-order valence-corrected chi connectivity index (χ4v) is 4.80. The molecular weight excluding hydrogens is 353 g/mol. The van der Waals surface area contributed by atoms with E-state index in [9.17, 15) is 17.6 Å². The van der Waals surface area contributed by atoms with E-state index in [-0.39, 0.29) is 29.8 Å². The molecule has 26 heavy (non-hydrogen) atoms. The second-order valence-corrected chi connectivity index (χ2v) is 8.63. The summed E-state index contributed by atoms with van der Waals surface area (Å²) < 4.78 is 37.2. The summed E-state index contributed by atoms with van der Waals surface area (Å²) in [7, 11) is -3.13. The lowest BCUT2D eigenvalue weighted by Gasteiger charge is -2.27. The van der Waals surface area contributed by atoms with Crippen LogP contribution in [0.2, 0.25) is 0 Å². The van der Waals surface area contributed by atoms with Crippen LogP contribution in [0.25, 0.3) is 6.08 Å². The van der Waals surface area contributed by atoms with Gasteiger partial charge >= 0.3 is 0 Å². The molecule has 0 aromatic heterocycles. The Morgan fingerprint density at radius 3 is 2.58 bits per heavy atom. The summed E-state index contributed by atoms with van der Waals surface area (Å²) in [4.78, 5) is 14.3. The normalized spacial score (nSPS) is 18.9. The lowest BCUT2D eigenvalue weighted by molar-refractivity contribution is -0.128. The Hall–Kier alpha value is -2.47. The number of nitrogens with zero attached hydrogens (tertiary/aromatic N) is 1. The Bertz CT molecular complexity index is 910. The van der Waals surface area contributed by atoms with Gasteiger partial charge in [0.15, 0.2) is 9.84 Å². The largest absolute Gasteiger partial charge is 0.331 e. The van der Waals surface area contributed by atoms with Gasteiger partial charge in [0.05, 0.1) is 11.5 Å². The molecule has 1 unspecified atom stereocenters. The summed E-state index contributed by atoms with van der Waals surface area (Å²) in [5.74, 6) is -0.630. The zero-order valence-electron chi connectivity index (χ0n) is 14.2. The molecular formula is C20H20FNO3S. The van der Waals surface area contributed by atoms with E-state index in [1.807, 2.05) is 30.3 Å². The summed E-state index contributed by atoms with van der Waals surface area (Å²) in [5, 5.41) is 0. The van der Waals surface area contributed by atoms with Gasteiger partial charge in [0.25, 0.3) is 0 Å². The standard InChI is InChI=1S/C20H20FNO3S/c21-18-8-4-7-17(13-18)14-22(19-11-12-26(24,25)15-19)20(23)10-9-16-5-2-1-3-6-16/h1-10,13,19H,11-12,14-15H2. The number of hydrogen-bond acceptors (Lipinski definition) is 3. The number of rotatable bonds is 5. The maximum Gasteiger partial charge on any atom is 0.247 e. The van der Waals surface area contributed by atoms with Gasteiger partial charge in [-0.05, 0) is 35.8 Å². The van der Waals surface area contributed by atoms with Crippen LogP contribution in [-0.4, -0.2) is 36.8 Å². The molecule has 0 aliphatic carbocycles. The average Bonchev–Trinajstić information content (AvgIpc) is 2.98. The zero-order chi connectivity index (χ0) is 18.6. The molecule has 4 nitrogen and oxygen atoms in total. The molecule has 0 spiro atoms. The monoisotopic (exact) mass is 373 g/mol. The molecule has 136 valence electrons. The first-order chi connectivity index (χ1) is 12.4. The molecule has 1 aliphatic heterocycles. The Morgan fingerprint density at radius 1 is 1.15 bits per heavy atom. The summed E-state index contributed by atoms with van der Waals surface area (Å²) in [6.45, 7) is 0.176. The number of amides is 1. The number of benzene rings is 2. The van der Waals surface area contributed by atoms with Crippen LogP contribution in [0.15, 0.2) is 60.7 Å². The molecule has 0 bridgehead atoms. The lowest BCUT2D eigenvalue weighted by Crippen LogP contribution is -2.39. The first kappa shape index (κ1) is 18.3. The Labute approximate surface area is 152 Å². The van der Waals surface area contributed by atoms with Crippen LogP contribution < -0.4 is 0 Å². The number of halogens is 1. The van der Waals surface area contributed by atoms with Crippen LogP contribution in [0.5, 0.6) is 0 Å². The van der Waals surface area contributed by atoms with Crippen molar-refractivity contribution >= 4 is 21.8 Å². The molecule has 1 fully saturated rings. The first-order valence-electron chi connectivity index (χ1n) is 8.41. The Balaban J connectivity index is 1.82. The Kier molecular flexibility index (Phi) is 5.52. The minimum atomic E-state index is -3.13. The minimum Gasteiger partial charge on any atom is -0.331 e. The molecule has 1 amide bonds. The third-order valence-electron chi connectivity index (χ3n) is 4.39. The fourth-order valence-electron chi connectivity index (χ4n) is 3.07. The maximum absolute atomic E-state index is 13.5. The maximum atomic E-state index is 13.5. The average molecular weight is 373 g/mol. The van der Waals surface area contributed by atoms with Gasteiger partial charge in [0.2, 0.25) is 5.91 Å². The fraction of sp³-hybridized carbons (Fsp3) is 0.250. The summed E-state index contributed by atoms with van der Waals surface area (Å²) in [6, 6.07) is 15.0. The molecule has 3 rings (SSSR count). The predicted molar refractivity (Wildman–Crippen MR) is 99.5 cm³/mol. The highest BCUT2D eigenvalue weighted by Crippen LogP contribution is 2.21. The van der Waals surface area contributed by atoms with Gasteiger partial charge in [-0.2, -0.15) is 0 Å². The molecule has 1 saturated heterocycles. The third kappa shape index (κ3) is 4.79. The van der Waals surface area contributed by atoms with Crippen LogP contribution in [0.4, 0.5) is 4.39 Å². The molecule has 0 N–H and O–H groups in total. The molecule has 6 heteroatoms. The smallest absolute Gasteiger partial charge is 0.247 e. The van der Waals surface area contributed by atoms with Gasteiger partial charge in [-0.25, -0.2) is 12.8 Å². The van der Waals surface area contributed by atoms with E-state index >= 15 is 0 Å². The van der Waals surface area contributed by atoms with Gasteiger partial charge in [-0.15, -0.1) is 0 Å². The van der Waals surface area contributed by atoms with Crippen molar-refractivity contribution in [1.82, 2.24) is 4.90 Å². The SMILES string of the molecule is O=C(C=Cc1ccccc1)N(Cc1cccc(F)c1)C1CCS(=O)(=O)C1. The summed E-state index contributed by atoms with van der Waals surface area (Å²) >= 11 is 0. The van der Waals surface area contributed by atoms with Gasteiger partial charge in [0, 0.05) is 18.7 Å². The quantitative estimate of drug-likeness (QED) is 0.757. The van der Waals surface area contributed by atoms with Crippen molar-refractivity contribution < 1.29 is 17.6 Å². The highest BCUT2D eigenvalue weighted by atomic mass is 32.2. The topological polar surface area (TPSA) is 54.5 Å². The van der Waals surface area contributed by atoms with E-state index in [0.717, 1.165) is 5.56 Å². The number of sulfone groups is 1. The van der Waals surface area contributed by atoms with E-state index in [1.165, 1.54) is 23.1 Å². The lowest BCUT2D eigenvalue weighted by atomic mass is 10.1. The molecule has 1 heterocycles. The number of carbonyl (C=O) groups is 1. The van der Waals surface area contributed by atoms with Crippen LogP contribution in [0.1, 0.15) is 17.5 Å². The van der Waals surface area contributed by atoms with Crippen LogP contribution in [0, 0.1) is 5.82 Å². The van der Waals surface area contributed by atoms with Gasteiger partial charge in [-0.1, -0.05) is 42.5 Å². The van der Waals surface area contributed by atoms with E-state index < -0.39 is 15.9 Å². The van der Waals surface area contributed by atoms with Crippen molar-refractivity contribution in [2.24, 2.45) is 0 Å².